The van der Waals surface area contributed by atoms with Crippen LogP contribution in [0.4, 0.5) is 4.79 Å². The van der Waals surface area contributed by atoms with Crippen LogP contribution in [0.1, 0.15) is 59.4 Å². The number of nitrogens with one attached hydrogen (secondary N) is 1. The van der Waals surface area contributed by atoms with E-state index in [9.17, 15) is 14.4 Å². The van der Waals surface area contributed by atoms with Gasteiger partial charge in [-0.3, -0.25) is 14.4 Å². The zero-order valence-corrected chi connectivity index (χ0v) is 22.1. The molecular formula is C27H40N4O5. The Morgan fingerprint density at radius 3 is 2.50 bits per heavy atom. The molecule has 3 aliphatic rings. The van der Waals surface area contributed by atoms with Gasteiger partial charge >= 0.3 is 6.09 Å². The van der Waals surface area contributed by atoms with Crippen molar-refractivity contribution in [3.8, 4) is 0 Å². The standard InChI is InChI=1S/C27H40N4O5/c1-18(2)13-22-25(33)30-21(14-27(3,4)5)24(32)29(20-11-12-28-15-20)16-23(30)31(36-22)26(34)35-17-19-9-7-6-8-10-19/h6-10,18,20-23,28H,11-17H2,1-5H3/t20-,21+,22+,23-/m1/s1. The summed E-state index contributed by atoms with van der Waals surface area (Å²) in [5.41, 5.74) is 0.657. The lowest BCUT2D eigenvalue weighted by molar-refractivity contribution is -0.270. The maximum absolute atomic E-state index is 13.8. The number of amides is 3. The van der Waals surface area contributed by atoms with E-state index < -0.39 is 24.4 Å². The molecule has 0 aromatic heterocycles. The summed E-state index contributed by atoms with van der Waals surface area (Å²) in [6.07, 6.45) is -0.466. The van der Waals surface area contributed by atoms with Gasteiger partial charge < -0.3 is 19.9 Å². The van der Waals surface area contributed by atoms with Gasteiger partial charge in [0.2, 0.25) is 5.91 Å². The first kappa shape index (κ1) is 26.4. The Labute approximate surface area is 214 Å². The van der Waals surface area contributed by atoms with Gasteiger partial charge in [0.05, 0.1) is 6.54 Å². The van der Waals surface area contributed by atoms with Crippen LogP contribution in [0.15, 0.2) is 30.3 Å². The van der Waals surface area contributed by atoms with Gasteiger partial charge in [0.25, 0.3) is 5.91 Å². The van der Waals surface area contributed by atoms with Crippen molar-refractivity contribution in [2.45, 2.75) is 84.8 Å². The molecule has 1 N–H and O–H groups in total. The highest BCUT2D eigenvalue weighted by molar-refractivity contribution is 5.92. The van der Waals surface area contributed by atoms with Gasteiger partial charge in [0.15, 0.2) is 12.3 Å². The molecule has 4 atom stereocenters. The summed E-state index contributed by atoms with van der Waals surface area (Å²) in [4.78, 5) is 50.5. The maximum Gasteiger partial charge on any atom is 0.436 e. The van der Waals surface area contributed by atoms with E-state index in [2.05, 4.69) is 26.1 Å². The van der Waals surface area contributed by atoms with E-state index in [1.54, 1.807) is 4.90 Å². The van der Waals surface area contributed by atoms with Crippen LogP contribution in [0, 0.1) is 11.3 Å². The summed E-state index contributed by atoms with van der Waals surface area (Å²) in [7, 11) is 0. The number of hydrogen-bond acceptors (Lipinski definition) is 6. The Hall–Kier alpha value is -2.65. The van der Waals surface area contributed by atoms with Crippen LogP contribution in [-0.2, 0) is 25.8 Å². The molecule has 3 fully saturated rings. The molecule has 198 valence electrons. The Kier molecular flexibility index (Phi) is 7.90. The molecule has 36 heavy (non-hydrogen) atoms. The van der Waals surface area contributed by atoms with Crippen LogP contribution >= 0.6 is 0 Å². The summed E-state index contributed by atoms with van der Waals surface area (Å²) in [5, 5.41) is 4.54. The lowest BCUT2D eigenvalue weighted by atomic mass is 9.85. The lowest BCUT2D eigenvalue weighted by Crippen LogP contribution is -2.74. The molecule has 0 spiro atoms. The normalized spacial score (nSPS) is 27.0. The molecule has 0 bridgehead atoms. The predicted molar refractivity (Wildman–Crippen MR) is 134 cm³/mol. The largest absolute Gasteiger partial charge is 0.443 e. The molecule has 3 heterocycles. The summed E-state index contributed by atoms with van der Waals surface area (Å²) >= 11 is 0. The molecule has 3 saturated heterocycles. The molecule has 0 unspecified atom stereocenters. The van der Waals surface area contributed by atoms with E-state index in [-0.39, 0.29) is 42.3 Å². The first-order chi connectivity index (χ1) is 17.0. The molecule has 1 aromatic rings. The van der Waals surface area contributed by atoms with Crippen LogP contribution in [0.2, 0.25) is 0 Å². The predicted octanol–water partition coefficient (Wildman–Crippen LogP) is 3.15. The maximum atomic E-state index is 13.8. The third-order valence-corrected chi connectivity index (χ3v) is 6.98. The van der Waals surface area contributed by atoms with Crippen LogP contribution in [0.5, 0.6) is 0 Å². The van der Waals surface area contributed by atoms with E-state index in [1.807, 2.05) is 49.1 Å². The lowest BCUT2D eigenvalue weighted by Gasteiger charge is -2.54. The molecule has 3 amide bonds. The Morgan fingerprint density at radius 1 is 1.17 bits per heavy atom. The average Bonchev–Trinajstić information content (AvgIpc) is 3.35. The third kappa shape index (κ3) is 5.83. The summed E-state index contributed by atoms with van der Waals surface area (Å²) in [6.45, 7) is 12.0. The van der Waals surface area contributed by atoms with Crippen LogP contribution < -0.4 is 5.32 Å². The van der Waals surface area contributed by atoms with Gasteiger partial charge in [-0.05, 0) is 42.7 Å². The molecule has 0 aliphatic carbocycles. The quantitative estimate of drug-likeness (QED) is 0.645. The number of benzene rings is 1. The monoisotopic (exact) mass is 500 g/mol. The highest BCUT2D eigenvalue weighted by Gasteiger charge is 2.55. The number of hydroxylamine groups is 2. The fourth-order valence-corrected chi connectivity index (χ4v) is 5.30. The van der Waals surface area contributed by atoms with Gasteiger partial charge in [-0.2, -0.15) is 5.06 Å². The van der Waals surface area contributed by atoms with E-state index in [0.717, 1.165) is 18.5 Å². The van der Waals surface area contributed by atoms with Crippen LogP contribution in [-0.4, -0.2) is 76.8 Å². The average molecular weight is 501 g/mol. The minimum Gasteiger partial charge on any atom is -0.443 e. The van der Waals surface area contributed by atoms with Gasteiger partial charge in [0, 0.05) is 12.6 Å². The number of rotatable bonds is 6. The number of ether oxygens (including phenoxy) is 1. The van der Waals surface area contributed by atoms with Crippen molar-refractivity contribution in [2.24, 2.45) is 11.3 Å². The Morgan fingerprint density at radius 2 is 1.89 bits per heavy atom. The van der Waals surface area contributed by atoms with Crippen molar-refractivity contribution in [1.82, 2.24) is 20.2 Å². The van der Waals surface area contributed by atoms with Crippen molar-refractivity contribution < 1.29 is 24.0 Å². The van der Waals surface area contributed by atoms with Gasteiger partial charge in [-0.25, -0.2) is 4.79 Å². The van der Waals surface area contributed by atoms with E-state index in [0.29, 0.717) is 19.4 Å². The Balaban J connectivity index is 1.66. The number of carbonyl (C=O) groups is 3. The molecule has 4 rings (SSSR count). The van der Waals surface area contributed by atoms with Crippen LogP contribution in [0.3, 0.4) is 0 Å². The van der Waals surface area contributed by atoms with Crippen molar-refractivity contribution >= 4 is 17.9 Å². The summed E-state index contributed by atoms with van der Waals surface area (Å²) < 4.78 is 5.64. The van der Waals surface area contributed by atoms with Gasteiger partial charge in [-0.15, -0.1) is 0 Å². The number of hydrogen-bond donors (Lipinski definition) is 1. The third-order valence-electron chi connectivity index (χ3n) is 6.98. The highest BCUT2D eigenvalue weighted by Crippen LogP contribution is 2.36. The fourth-order valence-electron chi connectivity index (χ4n) is 5.30. The van der Waals surface area contributed by atoms with Crippen molar-refractivity contribution in [3.63, 3.8) is 0 Å². The number of carbonyl (C=O) groups excluding carboxylic acids is 3. The first-order valence-electron chi connectivity index (χ1n) is 13.0. The van der Waals surface area contributed by atoms with E-state index in [4.69, 9.17) is 9.57 Å². The smallest absolute Gasteiger partial charge is 0.436 e. The van der Waals surface area contributed by atoms with Crippen LogP contribution in [0.25, 0.3) is 0 Å². The topological polar surface area (TPSA) is 91.4 Å². The second kappa shape index (κ2) is 10.8. The first-order valence-corrected chi connectivity index (χ1v) is 13.0. The minimum atomic E-state index is -0.847. The van der Waals surface area contributed by atoms with Crippen molar-refractivity contribution in [3.05, 3.63) is 35.9 Å². The fraction of sp³-hybridized carbons (Fsp3) is 0.667. The van der Waals surface area contributed by atoms with Crippen molar-refractivity contribution in [1.29, 1.82) is 0 Å². The van der Waals surface area contributed by atoms with Gasteiger partial charge in [-0.1, -0.05) is 65.0 Å². The number of piperazine rings is 1. The Bertz CT molecular complexity index is 941. The molecule has 9 nitrogen and oxygen atoms in total. The number of nitrogens with zero attached hydrogens (tertiary/aromatic N) is 3. The molecule has 0 radical (unpaired) electrons. The second-order valence-corrected chi connectivity index (χ2v) is 11.7. The zero-order chi connectivity index (χ0) is 26.0. The second-order valence-electron chi connectivity index (χ2n) is 11.7. The number of fused-ring (bicyclic) bond motifs is 1. The summed E-state index contributed by atoms with van der Waals surface area (Å²) in [5.74, 6) is -0.112. The molecule has 0 saturated carbocycles. The molecule has 1 aromatic carbocycles. The molecular weight excluding hydrogens is 460 g/mol. The van der Waals surface area contributed by atoms with Gasteiger partial charge in [0.1, 0.15) is 12.6 Å². The zero-order valence-electron chi connectivity index (χ0n) is 22.1. The minimum absolute atomic E-state index is 0.0211. The SMILES string of the molecule is CC(C)C[C@@H]1ON(C(=O)OCc2ccccc2)[C@@H]2CN([C@@H]3CCNC3)C(=O)[C@H](CC(C)(C)C)N2C1=O. The summed E-state index contributed by atoms with van der Waals surface area (Å²) in [6, 6.07) is 8.80. The van der Waals surface area contributed by atoms with E-state index in [1.165, 1.54) is 5.06 Å². The van der Waals surface area contributed by atoms with E-state index >= 15 is 0 Å². The highest BCUT2D eigenvalue weighted by atomic mass is 16.7. The molecule has 9 heteroatoms. The van der Waals surface area contributed by atoms with Crippen molar-refractivity contribution in [2.75, 3.05) is 19.6 Å². The molecule has 3 aliphatic heterocycles.